The number of thioether (sulfide) groups is 1. The van der Waals surface area contributed by atoms with Crippen molar-refractivity contribution in [2.75, 3.05) is 6.26 Å². The number of nitrogens with one attached hydrogen (secondary N) is 2. The van der Waals surface area contributed by atoms with E-state index < -0.39 is 12.0 Å². The molecule has 1 aliphatic carbocycles. The van der Waals surface area contributed by atoms with Gasteiger partial charge in [0.15, 0.2) is 0 Å². The Balaban J connectivity index is 2.45. The Hall–Kier alpha value is -0.910. The average Bonchev–Trinajstić information content (AvgIpc) is 2.43. The van der Waals surface area contributed by atoms with Crippen molar-refractivity contribution in [3.05, 3.63) is 0 Å². The van der Waals surface area contributed by atoms with Crippen LogP contribution >= 0.6 is 11.8 Å². The molecule has 0 spiro atoms. The van der Waals surface area contributed by atoms with E-state index in [4.69, 9.17) is 5.11 Å². The molecule has 1 aliphatic rings. The molecule has 20 heavy (non-hydrogen) atoms. The van der Waals surface area contributed by atoms with Crippen molar-refractivity contribution in [2.24, 2.45) is 0 Å². The molecule has 1 saturated carbocycles. The van der Waals surface area contributed by atoms with Gasteiger partial charge in [-0.1, -0.05) is 32.6 Å². The SMILES string of the molecule is CCCCC(NC(=O)NC1CCCCC1SC)C(=O)O. The summed E-state index contributed by atoms with van der Waals surface area (Å²) in [6, 6.07) is -0.981. The largest absolute Gasteiger partial charge is 0.480 e. The molecule has 0 aromatic carbocycles. The second kappa shape index (κ2) is 9.10. The van der Waals surface area contributed by atoms with Crippen molar-refractivity contribution < 1.29 is 14.7 Å². The highest BCUT2D eigenvalue weighted by Gasteiger charge is 2.27. The third-order valence-corrected chi connectivity index (χ3v) is 4.94. The lowest BCUT2D eigenvalue weighted by Crippen LogP contribution is -2.52. The van der Waals surface area contributed by atoms with Crippen LogP contribution in [-0.2, 0) is 4.79 Å². The summed E-state index contributed by atoms with van der Waals surface area (Å²) in [6.07, 6.45) is 8.69. The molecule has 3 atom stereocenters. The Morgan fingerprint density at radius 1 is 1.35 bits per heavy atom. The summed E-state index contributed by atoms with van der Waals surface area (Å²) in [6.45, 7) is 2.00. The number of aliphatic carboxylic acids is 1. The smallest absolute Gasteiger partial charge is 0.326 e. The fraction of sp³-hybridized carbons (Fsp3) is 0.857. The summed E-state index contributed by atoms with van der Waals surface area (Å²) in [5.41, 5.74) is 0. The first-order valence-electron chi connectivity index (χ1n) is 7.41. The van der Waals surface area contributed by atoms with Crippen molar-refractivity contribution in [1.82, 2.24) is 10.6 Å². The van der Waals surface area contributed by atoms with Crippen LogP contribution in [0.15, 0.2) is 0 Å². The quantitative estimate of drug-likeness (QED) is 0.675. The monoisotopic (exact) mass is 302 g/mol. The lowest BCUT2D eigenvalue weighted by atomic mass is 9.95. The number of unbranched alkanes of at least 4 members (excludes halogenated alkanes) is 1. The molecule has 0 bridgehead atoms. The number of hydrogen-bond donors (Lipinski definition) is 3. The molecule has 0 heterocycles. The molecule has 116 valence electrons. The summed E-state index contributed by atoms with van der Waals surface area (Å²) < 4.78 is 0. The van der Waals surface area contributed by atoms with E-state index in [1.54, 1.807) is 11.8 Å². The van der Waals surface area contributed by atoms with Gasteiger partial charge in [-0.2, -0.15) is 11.8 Å². The van der Waals surface area contributed by atoms with Crippen LogP contribution < -0.4 is 10.6 Å². The maximum Gasteiger partial charge on any atom is 0.326 e. The maximum atomic E-state index is 12.0. The van der Waals surface area contributed by atoms with Crippen LogP contribution in [0, 0.1) is 0 Å². The fourth-order valence-corrected chi connectivity index (χ4v) is 3.51. The highest BCUT2D eigenvalue weighted by molar-refractivity contribution is 7.99. The highest BCUT2D eigenvalue weighted by Crippen LogP contribution is 2.27. The van der Waals surface area contributed by atoms with Gasteiger partial charge in [-0.25, -0.2) is 9.59 Å². The van der Waals surface area contributed by atoms with E-state index in [1.165, 1.54) is 6.42 Å². The first-order chi connectivity index (χ1) is 9.58. The first kappa shape index (κ1) is 17.1. The van der Waals surface area contributed by atoms with Gasteiger partial charge in [-0.3, -0.25) is 0 Å². The molecule has 5 nitrogen and oxygen atoms in total. The van der Waals surface area contributed by atoms with Crippen LogP contribution in [0.3, 0.4) is 0 Å². The van der Waals surface area contributed by atoms with Crippen molar-refractivity contribution in [1.29, 1.82) is 0 Å². The van der Waals surface area contributed by atoms with Gasteiger partial charge in [0.2, 0.25) is 0 Å². The third-order valence-electron chi connectivity index (χ3n) is 3.77. The zero-order valence-electron chi connectivity index (χ0n) is 12.4. The van der Waals surface area contributed by atoms with E-state index in [0.29, 0.717) is 11.7 Å². The molecular formula is C14H26N2O3S. The standard InChI is InChI=1S/C14H26N2O3S/c1-3-4-7-11(13(17)18)16-14(19)15-10-8-5-6-9-12(10)20-2/h10-12H,3-9H2,1-2H3,(H,17,18)(H2,15,16,19). The van der Waals surface area contributed by atoms with E-state index in [-0.39, 0.29) is 12.1 Å². The Morgan fingerprint density at radius 3 is 2.65 bits per heavy atom. The second-order valence-electron chi connectivity index (χ2n) is 5.32. The molecule has 1 rings (SSSR count). The van der Waals surface area contributed by atoms with Crippen LogP contribution in [0.2, 0.25) is 0 Å². The molecule has 0 radical (unpaired) electrons. The number of rotatable bonds is 7. The molecule has 0 aromatic rings. The maximum absolute atomic E-state index is 12.0. The van der Waals surface area contributed by atoms with Gasteiger partial charge in [0.1, 0.15) is 6.04 Å². The number of amides is 2. The normalized spacial score (nSPS) is 23.9. The van der Waals surface area contributed by atoms with E-state index in [2.05, 4.69) is 16.9 Å². The molecule has 0 saturated heterocycles. The average molecular weight is 302 g/mol. The van der Waals surface area contributed by atoms with E-state index in [9.17, 15) is 9.59 Å². The minimum absolute atomic E-state index is 0.152. The van der Waals surface area contributed by atoms with Crippen LogP contribution in [0.5, 0.6) is 0 Å². The number of carboxylic acid groups (broad SMARTS) is 1. The van der Waals surface area contributed by atoms with Gasteiger partial charge in [-0.05, 0) is 25.5 Å². The van der Waals surface area contributed by atoms with Crippen LogP contribution in [-0.4, -0.2) is 40.7 Å². The summed E-state index contributed by atoms with van der Waals surface area (Å²) in [5, 5.41) is 15.1. The zero-order valence-corrected chi connectivity index (χ0v) is 13.2. The lowest BCUT2D eigenvalue weighted by Gasteiger charge is -2.31. The van der Waals surface area contributed by atoms with E-state index in [1.807, 2.05) is 6.92 Å². The summed E-state index contributed by atoms with van der Waals surface area (Å²) >= 11 is 1.78. The highest BCUT2D eigenvalue weighted by atomic mass is 32.2. The number of carbonyl (C=O) groups is 2. The molecule has 0 aromatic heterocycles. The summed E-state index contributed by atoms with van der Waals surface area (Å²) in [7, 11) is 0. The van der Waals surface area contributed by atoms with Crippen LogP contribution in [0.1, 0.15) is 51.9 Å². The Bertz CT molecular complexity index is 326. The fourth-order valence-electron chi connectivity index (χ4n) is 2.58. The van der Waals surface area contributed by atoms with Gasteiger partial charge >= 0.3 is 12.0 Å². The second-order valence-corrected chi connectivity index (χ2v) is 6.39. The molecule has 0 aliphatic heterocycles. The van der Waals surface area contributed by atoms with Crippen molar-refractivity contribution in [3.63, 3.8) is 0 Å². The number of carbonyl (C=O) groups excluding carboxylic acids is 1. The molecule has 2 amide bonds. The zero-order chi connectivity index (χ0) is 15.0. The number of urea groups is 1. The van der Waals surface area contributed by atoms with Gasteiger partial charge in [0.25, 0.3) is 0 Å². The van der Waals surface area contributed by atoms with Crippen molar-refractivity contribution in [2.45, 2.75) is 69.2 Å². The Labute approximate surface area is 125 Å². The van der Waals surface area contributed by atoms with Gasteiger partial charge in [0.05, 0.1) is 0 Å². The molecule has 6 heteroatoms. The predicted molar refractivity (Wildman–Crippen MR) is 82.2 cm³/mol. The number of carboxylic acids is 1. The van der Waals surface area contributed by atoms with Gasteiger partial charge in [0, 0.05) is 11.3 Å². The molecule has 3 unspecified atom stereocenters. The van der Waals surface area contributed by atoms with E-state index in [0.717, 1.165) is 32.1 Å². The van der Waals surface area contributed by atoms with Gasteiger partial charge in [-0.15, -0.1) is 0 Å². The van der Waals surface area contributed by atoms with E-state index >= 15 is 0 Å². The van der Waals surface area contributed by atoms with Crippen LogP contribution in [0.25, 0.3) is 0 Å². The molecular weight excluding hydrogens is 276 g/mol. The third kappa shape index (κ3) is 5.61. The minimum atomic E-state index is -0.960. The van der Waals surface area contributed by atoms with Gasteiger partial charge < -0.3 is 15.7 Å². The lowest BCUT2D eigenvalue weighted by molar-refractivity contribution is -0.139. The summed E-state index contributed by atoms with van der Waals surface area (Å²) in [5.74, 6) is -0.960. The van der Waals surface area contributed by atoms with Crippen LogP contribution in [0.4, 0.5) is 4.79 Å². The first-order valence-corrected chi connectivity index (χ1v) is 8.69. The van der Waals surface area contributed by atoms with Crippen molar-refractivity contribution in [3.8, 4) is 0 Å². The Kier molecular flexibility index (Phi) is 7.80. The summed E-state index contributed by atoms with van der Waals surface area (Å²) in [4.78, 5) is 23.1. The number of hydrogen-bond acceptors (Lipinski definition) is 3. The minimum Gasteiger partial charge on any atom is -0.480 e. The topological polar surface area (TPSA) is 78.4 Å². The molecule has 1 fully saturated rings. The van der Waals surface area contributed by atoms with Crippen molar-refractivity contribution >= 4 is 23.8 Å². The predicted octanol–water partition coefficient (Wildman–Crippen LogP) is 2.60. The Morgan fingerprint density at radius 2 is 2.05 bits per heavy atom. The molecule has 3 N–H and O–H groups in total.